The molecule has 6 heteroatoms. The molecule has 0 fully saturated rings. The third kappa shape index (κ3) is 2.92. The van der Waals surface area contributed by atoms with Crippen molar-refractivity contribution in [1.82, 2.24) is 4.98 Å². The van der Waals surface area contributed by atoms with Crippen molar-refractivity contribution in [3.63, 3.8) is 0 Å². The molecule has 0 saturated carbocycles. The van der Waals surface area contributed by atoms with Gasteiger partial charge in [0.25, 0.3) is 5.56 Å². The number of aromatic amines is 1. The first-order valence-electron chi connectivity index (χ1n) is 6.77. The zero-order chi connectivity index (χ0) is 16.6. The molecule has 0 atom stereocenters. The van der Waals surface area contributed by atoms with Crippen molar-refractivity contribution in [2.45, 2.75) is 6.18 Å². The van der Waals surface area contributed by atoms with E-state index in [-0.39, 0.29) is 5.56 Å². The number of hydrogen-bond donors (Lipinski definition) is 1. The van der Waals surface area contributed by atoms with Crippen LogP contribution in [-0.4, -0.2) is 12.1 Å². The summed E-state index contributed by atoms with van der Waals surface area (Å²) in [6.07, 6.45) is -4.39. The molecule has 1 heterocycles. The second-order valence-electron chi connectivity index (χ2n) is 5.04. The Morgan fingerprint density at radius 2 is 1.70 bits per heavy atom. The lowest BCUT2D eigenvalue weighted by Crippen LogP contribution is -2.08. The maximum absolute atomic E-state index is 12.6. The summed E-state index contributed by atoms with van der Waals surface area (Å²) in [5.74, 6) is 0.599. The molecule has 0 radical (unpaired) electrons. The van der Waals surface area contributed by atoms with E-state index in [9.17, 15) is 18.0 Å². The standard InChI is InChI=1S/C17H12F3NO2/c1-23-13-6-7-14-11(8-13)9-15(21-16(14)22)10-2-4-12(5-3-10)17(18,19)20/h2-9H,1H3,(H,21,22). The Labute approximate surface area is 129 Å². The number of fused-ring (bicyclic) bond motifs is 1. The van der Waals surface area contributed by atoms with Gasteiger partial charge >= 0.3 is 6.18 Å². The molecule has 23 heavy (non-hydrogen) atoms. The Bertz CT molecular complexity index is 912. The zero-order valence-electron chi connectivity index (χ0n) is 12.1. The van der Waals surface area contributed by atoms with Crippen LogP contribution < -0.4 is 10.3 Å². The van der Waals surface area contributed by atoms with E-state index < -0.39 is 11.7 Å². The Morgan fingerprint density at radius 3 is 2.30 bits per heavy atom. The molecule has 0 aliphatic rings. The van der Waals surface area contributed by atoms with Gasteiger partial charge in [0, 0.05) is 11.1 Å². The maximum atomic E-state index is 12.6. The zero-order valence-corrected chi connectivity index (χ0v) is 12.1. The number of hydrogen-bond acceptors (Lipinski definition) is 2. The van der Waals surface area contributed by atoms with Crippen LogP contribution in [0.4, 0.5) is 13.2 Å². The molecule has 3 rings (SSSR count). The van der Waals surface area contributed by atoms with Gasteiger partial charge in [0.2, 0.25) is 0 Å². The molecule has 3 nitrogen and oxygen atoms in total. The van der Waals surface area contributed by atoms with Gasteiger partial charge in [0.15, 0.2) is 0 Å². The van der Waals surface area contributed by atoms with Crippen LogP contribution in [0.15, 0.2) is 53.3 Å². The third-order valence-corrected chi connectivity index (χ3v) is 3.57. The summed E-state index contributed by atoms with van der Waals surface area (Å²) in [5.41, 5.74) is -0.0876. The van der Waals surface area contributed by atoms with Crippen LogP contribution >= 0.6 is 0 Å². The van der Waals surface area contributed by atoms with Crippen LogP contribution in [0.1, 0.15) is 5.56 Å². The van der Waals surface area contributed by atoms with E-state index >= 15 is 0 Å². The fourth-order valence-electron chi connectivity index (χ4n) is 2.37. The lowest BCUT2D eigenvalue weighted by molar-refractivity contribution is -0.137. The van der Waals surface area contributed by atoms with Crippen LogP contribution in [0.3, 0.4) is 0 Å². The largest absolute Gasteiger partial charge is 0.497 e. The normalized spacial score (nSPS) is 11.7. The highest BCUT2D eigenvalue weighted by Crippen LogP contribution is 2.31. The second kappa shape index (κ2) is 5.46. The topological polar surface area (TPSA) is 42.1 Å². The van der Waals surface area contributed by atoms with Crippen molar-refractivity contribution in [3.8, 4) is 17.0 Å². The highest BCUT2D eigenvalue weighted by Gasteiger charge is 2.30. The van der Waals surface area contributed by atoms with E-state index in [1.165, 1.54) is 19.2 Å². The van der Waals surface area contributed by atoms with E-state index in [2.05, 4.69) is 4.98 Å². The number of ether oxygens (including phenoxy) is 1. The van der Waals surface area contributed by atoms with Gasteiger partial charge in [-0.25, -0.2) is 0 Å². The van der Waals surface area contributed by atoms with Crippen molar-refractivity contribution in [2.24, 2.45) is 0 Å². The van der Waals surface area contributed by atoms with E-state index in [0.717, 1.165) is 12.1 Å². The lowest BCUT2D eigenvalue weighted by Gasteiger charge is -2.09. The minimum Gasteiger partial charge on any atom is -0.497 e. The molecule has 3 aromatic rings. The molecule has 0 unspecified atom stereocenters. The molecule has 0 amide bonds. The average Bonchev–Trinajstić information content (AvgIpc) is 2.53. The van der Waals surface area contributed by atoms with Crippen LogP contribution in [0.25, 0.3) is 22.0 Å². The van der Waals surface area contributed by atoms with E-state index in [4.69, 9.17) is 4.74 Å². The predicted molar refractivity (Wildman–Crippen MR) is 81.6 cm³/mol. The van der Waals surface area contributed by atoms with Gasteiger partial charge in [-0.2, -0.15) is 13.2 Å². The van der Waals surface area contributed by atoms with Crippen molar-refractivity contribution < 1.29 is 17.9 Å². The smallest absolute Gasteiger partial charge is 0.416 e. The summed E-state index contributed by atoms with van der Waals surface area (Å²) in [5, 5.41) is 1.14. The van der Waals surface area contributed by atoms with Crippen molar-refractivity contribution in [1.29, 1.82) is 0 Å². The molecule has 118 valence electrons. The average molecular weight is 319 g/mol. The van der Waals surface area contributed by atoms with Gasteiger partial charge in [-0.3, -0.25) is 4.79 Å². The number of H-pyrrole nitrogens is 1. The van der Waals surface area contributed by atoms with E-state index in [1.54, 1.807) is 24.3 Å². The first-order chi connectivity index (χ1) is 10.9. The van der Waals surface area contributed by atoms with E-state index in [1.807, 2.05) is 0 Å². The summed E-state index contributed by atoms with van der Waals surface area (Å²) < 4.78 is 42.9. The number of pyridine rings is 1. The minimum atomic E-state index is -4.39. The summed E-state index contributed by atoms with van der Waals surface area (Å²) in [7, 11) is 1.52. The number of aromatic nitrogens is 1. The fourth-order valence-corrected chi connectivity index (χ4v) is 2.37. The monoisotopic (exact) mass is 319 g/mol. The summed E-state index contributed by atoms with van der Waals surface area (Å²) in [4.78, 5) is 14.8. The third-order valence-electron chi connectivity index (χ3n) is 3.57. The Morgan fingerprint density at radius 1 is 1.00 bits per heavy atom. The lowest BCUT2D eigenvalue weighted by atomic mass is 10.1. The number of rotatable bonds is 2. The van der Waals surface area contributed by atoms with Gasteiger partial charge in [0.1, 0.15) is 5.75 Å². The first kappa shape index (κ1) is 15.1. The number of benzene rings is 2. The number of alkyl halides is 3. The summed E-state index contributed by atoms with van der Waals surface area (Å²) in [6, 6.07) is 11.4. The van der Waals surface area contributed by atoms with Crippen LogP contribution in [0.5, 0.6) is 5.75 Å². The molecular formula is C17H12F3NO2. The molecule has 1 N–H and O–H groups in total. The van der Waals surface area contributed by atoms with E-state index in [0.29, 0.717) is 27.8 Å². The second-order valence-corrected chi connectivity index (χ2v) is 5.04. The maximum Gasteiger partial charge on any atom is 0.416 e. The Kier molecular flexibility index (Phi) is 3.60. The van der Waals surface area contributed by atoms with Gasteiger partial charge in [-0.1, -0.05) is 12.1 Å². The molecule has 0 saturated heterocycles. The molecule has 0 spiro atoms. The first-order valence-corrected chi connectivity index (χ1v) is 6.77. The fraction of sp³-hybridized carbons (Fsp3) is 0.118. The predicted octanol–water partition coefficient (Wildman–Crippen LogP) is 4.22. The quantitative estimate of drug-likeness (QED) is 0.768. The Balaban J connectivity index is 2.11. The molecule has 0 aliphatic heterocycles. The van der Waals surface area contributed by atoms with Gasteiger partial charge in [-0.15, -0.1) is 0 Å². The highest BCUT2D eigenvalue weighted by atomic mass is 19.4. The van der Waals surface area contributed by atoms with Crippen LogP contribution in [0, 0.1) is 0 Å². The molecule has 0 aliphatic carbocycles. The van der Waals surface area contributed by atoms with Crippen molar-refractivity contribution in [2.75, 3.05) is 7.11 Å². The number of nitrogens with one attached hydrogen (secondary N) is 1. The number of methoxy groups -OCH3 is 1. The Hall–Kier alpha value is -2.76. The summed E-state index contributed by atoms with van der Waals surface area (Å²) in [6.45, 7) is 0. The van der Waals surface area contributed by atoms with Gasteiger partial charge in [0.05, 0.1) is 12.7 Å². The van der Waals surface area contributed by atoms with Crippen molar-refractivity contribution >= 4 is 10.8 Å². The SMILES string of the molecule is COc1ccc2c(=O)[nH]c(-c3ccc(C(F)(F)F)cc3)cc2c1. The molecule has 1 aromatic heterocycles. The van der Waals surface area contributed by atoms with Gasteiger partial charge in [-0.05, 0) is 47.3 Å². The summed E-state index contributed by atoms with van der Waals surface area (Å²) >= 11 is 0. The van der Waals surface area contributed by atoms with Crippen molar-refractivity contribution in [3.05, 3.63) is 64.4 Å². The molecule has 2 aromatic carbocycles. The number of halogens is 3. The van der Waals surface area contributed by atoms with Crippen LogP contribution in [0.2, 0.25) is 0 Å². The highest BCUT2D eigenvalue weighted by molar-refractivity contribution is 5.86. The molecular weight excluding hydrogens is 307 g/mol. The van der Waals surface area contributed by atoms with Crippen LogP contribution in [-0.2, 0) is 6.18 Å². The van der Waals surface area contributed by atoms with Gasteiger partial charge < -0.3 is 9.72 Å². The minimum absolute atomic E-state index is 0.306. The molecule has 0 bridgehead atoms.